The van der Waals surface area contributed by atoms with Gasteiger partial charge in [-0.2, -0.15) is 0 Å². The van der Waals surface area contributed by atoms with Crippen LogP contribution >= 0.6 is 0 Å². The fraction of sp³-hybridized carbons (Fsp3) is 0.800. The zero-order valence-electron chi connectivity index (χ0n) is 28.8. The van der Waals surface area contributed by atoms with Gasteiger partial charge in [0.05, 0.1) is 27.1 Å². The number of hydrogen-bond donors (Lipinski definition) is 1. The summed E-state index contributed by atoms with van der Waals surface area (Å²) in [7, 11) is -1.17. The number of nitrogens with one attached hydrogen (secondary N) is 1. The molecule has 11 heteroatoms. The molecule has 0 spiro atoms. The Morgan fingerprint density at radius 2 is 1.54 bits per heavy atom. The number of benzene rings is 1. The van der Waals surface area contributed by atoms with Crippen LogP contribution in [0.5, 0.6) is 0 Å². The summed E-state index contributed by atoms with van der Waals surface area (Å²) in [5.74, 6) is 0. The highest BCUT2D eigenvalue weighted by Crippen LogP contribution is 2.31. The minimum absolute atomic E-state index is 0.275. The summed E-state index contributed by atoms with van der Waals surface area (Å²) in [6.07, 6.45) is 3.38. The average molecular weight is 655 g/mol. The van der Waals surface area contributed by atoms with E-state index in [-0.39, 0.29) is 5.54 Å². The van der Waals surface area contributed by atoms with E-state index >= 15 is 0 Å². The van der Waals surface area contributed by atoms with Crippen molar-refractivity contribution in [3.63, 3.8) is 0 Å². The first-order valence-electron chi connectivity index (χ1n) is 15.7. The Balaban J connectivity index is 3.20. The van der Waals surface area contributed by atoms with Crippen molar-refractivity contribution in [2.75, 3.05) is 58.1 Å². The van der Waals surface area contributed by atoms with E-state index in [1.165, 1.54) is 11.6 Å². The maximum Gasteiger partial charge on any atom is 0.341 e. The maximum atomic E-state index is 6.09. The van der Waals surface area contributed by atoms with Crippen LogP contribution in [0, 0.1) is 0 Å². The van der Waals surface area contributed by atoms with Gasteiger partial charge >= 0.3 is 17.1 Å². The molecular formula is C30H62N2O4Si5. The Morgan fingerprint density at radius 3 is 2.00 bits per heavy atom. The summed E-state index contributed by atoms with van der Waals surface area (Å²) in [6.45, 7) is 30.0. The molecule has 0 aromatic heterocycles. The topological polar surface area (TPSA) is 52.2 Å². The monoisotopic (exact) mass is 654 g/mol. The lowest BCUT2D eigenvalue weighted by atomic mass is 10.0. The number of rotatable bonds is 22. The molecule has 1 aromatic rings. The fourth-order valence-electron chi connectivity index (χ4n) is 5.71. The average Bonchev–Trinajstić information content (AvgIpc) is 2.94. The van der Waals surface area contributed by atoms with Crippen LogP contribution in [-0.2, 0) is 24.1 Å². The first kappa shape index (κ1) is 38.9. The van der Waals surface area contributed by atoms with Crippen LogP contribution in [0.2, 0.25) is 51.4 Å². The number of hydrogen-bond acceptors (Lipinski definition) is 6. The Hall–Kier alpha value is -0.0956. The molecule has 41 heavy (non-hydrogen) atoms. The van der Waals surface area contributed by atoms with Crippen molar-refractivity contribution in [2.45, 2.75) is 104 Å². The summed E-state index contributed by atoms with van der Waals surface area (Å²) < 4.78 is 24.2. The van der Waals surface area contributed by atoms with Crippen LogP contribution in [0.25, 0.3) is 0 Å². The first-order chi connectivity index (χ1) is 19.4. The van der Waals surface area contributed by atoms with Crippen LogP contribution < -0.4 is 20.6 Å². The lowest BCUT2D eigenvalue weighted by Crippen LogP contribution is -2.48. The third-order valence-electron chi connectivity index (χ3n) is 8.30. The minimum atomic E-state index is -2.35. The molecule has 1 unspecified atom stereocenters. The van der Waals surface area contributed by atoms with Gasteiger partial charge in [-0.05, 0) is 88.7 Å². The van der Waals surface area contributed by atoms with Crippen molar-refractivity contribution in [1.82, 2.24) is 5.32 Å². The van der Waals surface area contributed by atoms with E-state index in [2.05, 4.69) is 90.2 Å². The molecule has 1 rings (SSSR count). The van der Waals surface area contributed by atoms with E-state index < -0.39 is 34.7 Å². The summed E-state index contributed by atoms with van der Waals surface area (Å²) in [5.41, 5.74) is 4.95. The summed E-state index contributed by atoms with van der Waals surface area (Å²) in [5, 5.41) is 6.93. The fourth-order valence-corrected chi connectivity index (χ4v) is 13.8. The molecule has 0 heterocycles. The van der Waals surface area contributed by atoms with Gasteiger partial charge < -0.3 is 27.9 Å². The Kier molecular flexibility index (Phi) is 18.3. The molecule has 0 saturated heterocycles. The highest BCUT2D eigenvalue weighted by Gasteiger charge is 2.40. The quantitative estimate of drug-likeness (QED) is 0.137. The van der Waals surface area contributed by atoms with Gasteiger partial charge in [-0.1, -0.05) is 50.4 Å². The Labute approximate surface area is 262 Å². The Morgan fingerprint density at radius 1 is 0.951 bits per heavy atom. The van der Waals surface area contributed by atoms with Gasteiger partial charge in [0, 0.05) is 51.8 Å². The predicted molar refractivity (Wildman–Crippen MR) is 190 cm³/mol. The summed E-state index contributed by atoms with van der Waals surface area (Å²) in [4.78, 5) is 2.64. The second-order valence-electron chi connectivity index (χ2n) is 11.6. The molecule has 236 valence electrons. The molecule has 0 aliphatic rings. The summed E-state index contributed by atoms with van der Waals surface area (Å²) in [6, 6.07) is 4.88. The molecule has 1 aromatic carbocycles. The van der Waals surface area contributed by atoms with Crippen molar-refractivity contribution in [2.24, 2.45) is 0 Å². The maximum absolute atomic E-state index is 6.09. The van der Waals surface area contributed by atoms with Crippen LogP contribution in [0.15, 0.2) is 6.07 Å². The number of anilines is 1. The first-order valence-corrected chi connectivity index (χ1v) is 27.1. The van der Waals surface area contributed by atoms with Crippen molar-refractivity contribution in [3.8, 4) is 0 Å². The molecule has 0 aliphatic carbocycles. The van der Waals surface area contributed by atoms with E-state index in [4.69, 9.17) is 17.7 Å². The summed E-state index contributed by atoms with van der Waals surface area (Å²) >= 11 is 0. The highest BCUT2D eigenvalue weighted by molar-refractivity contribution is 6.76. The van der Waals surface area contributed by atoms with Gasteiger partial charge in [-0.3, -0.25) is 0 Å². The smallest absolute Gasteiger partial charge is 0.341 e. The predicted octanol–water partition coefficient (Wildman–Crippen LogP) is 5.21. The van der Waals surface area contributed by atoms with Gasteiger partial charge in [0.1, 0.15) is 0 Å². The zero-order valence-corrected chi connectivity index (χ0v) is 33.8. The largest absolute Gasteiger partial charge is 0.397 e. The van der Waals surface area contributed by atoms with Crippen molar-refractivity contribution in [3.05, 3.63) is 17.2 Å². The van der Waals surface area contributed by atoms with Gasteiger partial charge in [-0.25, -0.2) is 0 Å². The molecule has 0 saturated carbocycles. The van der Waals surface area contributed by atoms with Crippen LogP contribution in [0.1, 0.15) is 57.7 Å². The molecule has 1 N–H and O–H groups in total. The SMILES string of the molecule is CCO[Si](C)(CCCNC[Si]CCc1c([Si](C)C)cc(C(C)[Si](C)(OC)OC)c([Si](C)C)c1N(CC)CC)OCC. The molecule has 6 nitrogen and oxygen atoms in total. The molecular weight excluding hydrogens is 593 g/mol. The normalized spacial score (nSPS) is 13.4. The number of nitrogens with zero attached hydrogens (tertiary/aromatic N) is 1. The van der Waals surface area contributed by atoms with E-state index in [1.807, 2.05) is 14.2 Å². The molecule has 0 bridgehead atoms. The molecule has 4 radical (unpaired) electrons. The lowest BCUT2D eigenvalue weighted by Gasteiger charge is -2.37. The van der Waals surface area contributed by atoms with Crippen LogP contribution in [0.3, 0.4) is 0 Å². The van der Waals surface area contributed by atoms with Crippen LogP contribution in [0.4, 0.5) is 5.69 Å². The van der Waals surface area contributed by atoms with E-state index in [1.54, 1.807) is 21.6 Å². The van der Waals surface area contributed by atoms with Gasteiger partial charge in [0.2, 0.25) is 0 Å². The molecule has 0 amide bonds. The second-order valence-corrected chi connectivity index (χ2v) is 25.0. The highest BCUT2D eigenvalue weighted by atomic mass is 28.4. The van der Waals surface area contributed by atoms with Gasteiger partial charge in [-0.15, -0.1) is 0 Å². The third kappa shape index (κ3) is 11.1. The third-order valence-corrected chi connectivity index (χ3v) is 19.0. The van der Waals surface area contributed by atoms with Crippen molar-refractivity contribution >= 4 is 60.3 Å². The van der Waals surface area contributed by atoms with Crippen molar-refractivity contribution in [1.29, 1.82) is 0 Å². The zero-order chi connectivity index (χ0) is 31.2. The second kappa shape index (κ2) is 19.3. The molecule has 1 atom stereocenters. The van der Waals surface area contributed by atoms with Gasteiger partial charge in [0.25, 0.3) is 0 Å². The van der Waals surface area contributed by atoms with E-state index in [9.17, 15) is 0 Å². The molecule has 0 aliphatic heterocycles. The van der Waals surface area contributed by atoms with E-state index in [0.717, 1.165) is 67.4 Å². The van der Waals surface area contributed by atoms with Crippen molar-refractivity contribution < 1.29 is 17.7 Å². The minimum Gasteiger partial charge on any atom is -0.397 e. The van der Waals surface area contributed by atoms with Gasteiger partial charge in [0.15, 0.2) is 0 Å². The Bertz CT molecular complexity index is 877. The standard InChI is InChI=1S/C30H62N2O4Si5/c1-14-32(15-2)29-26(19-21-37-24-31-20-18-22-40(12,35-16-3)36-17-4)28(38(8)9)23-27(30(29)39(10)11)25(5)41(13,33-6)34-7/h23,25,31H,14-22,24H2,1-13H3. The molecule has 0 fully saturated rings. The lowest BCUT2D eigenvalue weighted by molar-refractivity contribution is 0.188. The van der Waals surface area contributed by atoms with Crippen LogP contribution in [-0.4, -0.2) is 97.5 Å². The van der Waals surface area contributed by atoms with E-state index in [0.29, 0.717) is 0 Å².